The summed E-state index contributed by atoms with van der Waals surface area (Å²) in [7, 11) is 6.66. The summed E-state index contributed by atoms with van der Waals surface area (Å²) in [6.07, 6.45) is 2.82. The van der Waals surface area contributed by atoms with Gasteiger partial charge in [0.25, 0.3) is 0 Å². The summed E-state index contributed by atoms with van der Waals surface area (Å²) in [5.74, 6) is 0. The molecule has 1 heterocycles. The summed E-state index contributed by atoms with van der Waals surface area (Å²) >= 11 is 2.93. The van der Waals surface area contributed by atoms with Gasteiger partial charge in [-0.2, -0.15) is 0 Å². The van der Waals surface area contributed by atoms with E-state index in [9.17, 15) is 0 Å². The maximum atomic E-state index is 2.59. The van der Waals surface area contributed by atoms with Gasteiger partial charge >= 0.3 is 113 Å². The molecule has 0 saturated carbocycles. The van der Waals surface area contributed by atoms with Gasteiger partial charge in [-0.3, -0.25) is 0 Å². The predicted molar refractivity (Wildman–Crippen MR) is 66.6 cm³/mol. The summed E-state index contributed by atoms with van der Waals surface area (Å²) in [6, 6.07) is 0. The summed E-state index contributed by atoms with van der Waals surface area (Å²) in [5, 5.41) is 0. The van der Waals surface area contributed by atoms with Crippen molar-refractivity contribution in [3.05, 3.63) is 0 Å². The van der Waals surface area contributed by atoms with Crippen LogP contribution in [0.25, 0.3) is 0 Å². The van der Waals surface area contributed by atoms with Crippen molar-refractivity contribution in [2.24, 2.45) is 5.41 Å². The molecular weight excluding hydrogens is 402 g/mol. The molecule has 1 saturated heterocycles. The van der Waals surface area contributed by atoms with E-state index in [0.717, 1.165) is 0 Å². The molecule has 0 radical (unpaired) electrons. The first-order valence-corrected chi connectivity index (χ1v) is 9.11. The minimum absolute atomic E-state index is 0.334. The van der Waals surface area contributed by atoms with Crippen LogP contribution in [0.3, 0.4) is 0 Å². The molecule has 0 aliphatic carbocycles. The zero-order valence-corrected chi connectivity index (χ0v) is 13.7. The molecule has 0 aromatic heterocycles. The minimum atomic E-state index is 0.334. The average Bonchev–Trinajstić information content (AvgIpc) is 2.18. The van der Waals surface area contributed by atoms with Crippen LogP contribution in [-0.4, -0.2) is 51.1 Å². The second-order valence-corrected chi connectivity index (χ2v) is 8.37. The topological polar surface area (TPSA) is 6.48 Å². The quantitative estimate of drug-likeness (QED) is 0.315. The fraction of sp³-hybridized carbons (Fsp3) is 1.00. The van der Waals surface area contributed by atoms with Gasteiger partial charge in [-0.1, -0.05) is 0 Å². The van der Waals surface area contributed by atoms with E-state index in [1.54, 1.807) is 0 Å². The van der Waals surface area contributed by atoms with E-state index in [2.05, 4.69) is 51.7 Å². The van der Waals surface area contributed by atoms with Crippen molar-refractivity contribution in [1.29, 1.82) is 0 Å². The van der Waals surface area contributed by atoms with E-state index >= 15 is 0 Å². The van der Waals surface area contributed by atoms with Gasteiger partial charge in [0, 0.05) is 0 Å². The number of rotatable bonds is 4. The first kappa shape index (κ1) is 13.4. The Kier molecular flexibility index (Phi) is 5.95. The summed E-state index contributed by atoms with van der Waals surface area (Å²) in [4.78, 5) is 2.32. The summed E-state index contributed by atoms with van der Waals surface area (Å²) in [6.45, 7) is 2.60. The monoisotopic (exact) mass is 423 g/mol. The van der Waals surface area contributed by atoms with Crippen molar-refractivity contribution >= 4 is 22.6 Å². The molecule has 0 N–H and O–H groups in total. The maximum absolute atomic E-state index is 2.59. The van der Waals surface area contributed by atoms with E-state index in [-0.39, 0.29) is 0 Å². The average molecular weight is 423 g/mol. The van der Waals surface area contributed by atoms with Gasteiger partial charge in [0.2, 0.25) is 0 Å². The molecule has 1 unspecified atom stereocenters. The Morgan fingerprint density at radius 3 is 2.64 bits per heavy atom. The van der Waals surface area contributed by atoms with Crippen molar-refractivity contribution in [3.63, 3.8) is 0 Å². The van der Waals surface area contributed by atoms with Crippen molar-refractivity contribution in [3.8, 4) is 0 Å². The molecule has 0 amide bonds. The van der Waals surface area contributed by atoms with Gasteiger partial charge in [-0.25, -0.2) is 0 Å². The normalized spacial score (nSPS) is 30.4. The third-order valence-electron chi connectivity index (χ3n) is 2.87. The number of nitrogens with zero attached hydrogens (tertiary/aromatic N) is 2. The van der Waals surface area contributed by atoms with Crippen LogP contribution >= 0.6 is 22.6 Å². The zero-order valence-electron chi connectivity index (χ0n) is 9.39. The fourth-order valence-corrected chi connectivity index (χ4v) is 6.55. The second kappa shape index (κ2) is 6.20. The van der Waals surface area contributed by atoms with Gasteiger partial charge in [0.05, 0.1) is 0 Å². The van der Waals surface area contributed by atoms with E-state index in [1.807, 2.05) is 0 Å². The third-order valence-corrected chi connectivity index (χ3v) is 8.09. The van der Waals surface area contributed by atoms with Gasteiger partial charge in [0.1, 0.15) is 0 Å². The van der Waals surface area contributed by atoms with Gasteiger partial charge < -0.3 is 0 Å². The van der Waals surface area contributed by atoms with Gasteiger partial charge in [-0.15, -0.1) is 0 Å². The number of hydrogen-bond acceptors (Lipinski definition) is 2. The van der Waals surface area contributed by atoms with Crippen molar-refractivity contribution in [2.75, 3.05) is 43.1 Å². The molecule has 4 heteroatoms. The molecule has 1 atom stereocenters. The number of alkyl halides is 2. The molecule has 0 aromatic rings. The molecular formula is C10H21I2N2-. The molecule has 0 bridgehead atoms. The Bertz CT molecular complexity index is 166. The Balaban J connectivity index is 2.41. The van der Waals surface area contributed by atoms with Crippen LogP contribution in [0.15, 0.2) is 0 Å². The third kappa shape index (κ3) is 4.09. The van der Waals surface area contributed by atoms with Crippen molar-refractivity contribution < 1.29 is 21.5 Å². The predicted octanol–water partition coefficient (Wildman–Crippen LogP) is -1.30. The van der Waals surface area contributed by atoms with E-state index < -0.39 is 0 Å². The first-order chi connectivity index (χ1) is 6.58. The van der Waals surface area contributed by atoms with Gasteiger partial charge in [0.15, 0.2) is 0 Å². The Hall–Kier alpha value is 1.38. The van der Waals surface area contributed by atoms with Crippen molar-refractivity contribution in [1.82, 2.24) is 8.01 Å². The van der Waals surface area contributed by atoms with Crippen LogP contribution < -0.4 is 21.5 Å². The number of halogens is 2. The first-order valence-electron chi connectivity index (χ1n) is 5.09. The summed E-state index contributed by atoms with van der Waals surface area (Å²) in [5.41, 5.74) is 0.685. The Morgan fingerprint density at radius 2 is 2.21 bits per heavy atom. The standard InChI is InChI=1S/C10H21I2N2/c1-13(2)6-4-10(8-11)5-7-14(3)12-9-10/h4-9H2,1-3H3/q-1. The molecule has 0 spiro atoms. The Labute approximate surface area is 113 Å². The van der Waals surface area contributed by atoms with Crippen LogP contribution in [0, 0.1) is 5.41 Å². The van der Waals surface area contributed by atoms with Crippen LogP contribution in [-0.2, 0) is 0 Å². The molecule has 86 valence electrons. The van der Waals surface area contributed by atoms with Crippen molar-refractivity contribution in [2.45, 2.75) is 12.8 Å². The van der Waals surface area contributed by atoms with Crippen LogP contribution in [0.1, 0.15) is 12.8 Å². The van der Waals surface area contributed by atoms with E-state index in [4.69, 9.17) is 0 Å². The van der Waals surface area contributed by atoms with Crippen LogP contribution in [0.2, 0.25) is 0 Å². The second-order valence-electron chi connectivity index (χ2n) is 4.52. The fourth-order valence-electron chi connectivity index (χ4n) is 1.57. The van der Waals surface area contributed by atoms with Gasteiger partial charge in [-0.05, 0) is 0 Å². The van der Waals surface area contributed by atoms with Crippen LogP contribution in [0.4, 0.5) is 0 Å². The molecule has 0 aromatic carbocycles. The molecule has 1 rings (SSSR count). The molecule has 1 aliphatic heterocycles. The zero-order chi connectivity index (χ0) is 10.6. The molecule has 2 nitrogen and oxygen atoms in total. The molecule has 14 heavy (non-hydrogen) atoms. The van der Waals surface area contributed by atoms with E-state index in [1.165, 1.54) is 34.8 Å². The molecule has 1 fully saturated rings. The van der Waals surface area contributed by atoms with Crippen LogP contribution in [0.5, 0.6) is 0 Å². The Morgan fingerprint density at radius 1 is 1.50 bits per heavy atom. The number of hydrogen-bond donors (Lipinski definition) is 0. The SMILES string of the molecule is CN(C)CCC1(CI)CCN(C)[I-]C1. The summed E-state index contributed by atoms with van der Waals surface area (Å²) < 4.78 is 5.42. The molecule has 1 aliphatic rings. The van der Waals surface area contributed by atoms with E-state index in [0.29, 0.717) is 26.9 Å².